The van der Waals surface area contributed by atoms with Crippen molar-refractivity contribution < 1.29 is 9.90 Å². The van der Waals surface area contributed by atoms with Gasteiger partial charge in [-0.1, -0.05) is 32.0 Å². The van der Waals surface area contributed by atoms with Gasteiger partial charge in [0.1, 0.15) is 0 Å². The van der Waals surface area contributed by atoms with Gasteiger partial charge in [-0.25, -0.2) is 0 Å². The van der Waals surface area contributed by atoms with E-state index in [1.54, 1.807) is 18.2 Å². The molecule has 0 spiro atoms. The first-order chi connectivity index (χ1) is 6.52. The first-order valence-corrected chi connectivity index (χ1v) is 4.81. The number of aliphatic hydroxyl groups is 1. The minimum Gasteiger partial charge on any atom is -0.388 e. The highest BCUT2D eigenvalue weighted by Gasteiger charge is 2.12. The molecule has 0 amide bonds. The van der Waals surface area contributed by atoms with E-state index in [0.29, 0.717) is 5.56 Å². The Morgan fingerprint density at radius 3 is 2.50 bits per heavy atom. The number of carbonyl (C=O) groups is 1. The minimum absolute atomic E-state index is 0.0304. The molecular weight excluding hydrogens is 176 g/mol. The van der Waals surface area contributed by atoms with Crippen molar-refractivity contribution in [1.29, 1.82) is 0 Å². The lowest BCUT2D eigenvalue weighted by Gasteiger charge is -2.15. The van der Waals surface area contributed by atoms with Crippen LogP contribution in [0.15, 0.2) is 24.3 Å². The largest absolute Gasteiger partial charge is 0.388 e. The molecule has 0 aliphatic heterocycles. The van der Waals surface area contributed by atoms with Gasteiger partial charge in [0.2, 0.25) is 0 Å². The summed E-state index contributed by atoms with van der Waals surface area (Å²) < 4.78 is 0. The average Bonchev–Trinajstić information content (AvgIpc) is 2.16. The Hall–Kier alpha value is -1.15. The molecule has 0 aliphatic carbocycles. The molecule has 1 aromatic carbocycles. The van der Waals surface area contributed by atoms with Crippen LogP contribution in [0.2, 0.25) is 0 Å². The summed E-state index contributed by atoms with van der Waals surface area (Å²) in [6.45, 7) is 5.43. The van der Waals surface area contributed by atoms with Crippen molar-refractivity contribution in [2.45, 2.75) is 26.9 Å². The maximum Gasteiger partial charge on any atom is 0.159 e. The van der Waals surface area contributed by atoms with Crippen LogP contribution in [0.3, 0.4) is 0 Å². The Balaban J connectivity index is 2.99. The molecule has 0 aromatic heterocycles. The monoisotopic (exact) mass is 192 g/mol. The van der Waals surface area contributed by atoms with E-state index in [-0.39, 0.29) is 11.7 Å². The SMILES string of the molecule is CC(=O)c1cccc(C(O)C(C)C)c1. The standard InChI is InChI=1S/C12H16O2/c1-8(2)12(14)11-6-4-5-10(7-11)9(3)13/h4-8,12,14H,1-3H3. The number of ketones is 1. The zero-order chi connectivity index (χ0) is 10.7. The van der Waals surface area contributed by atoms with Gasteiger partial charge in [-0.3, -0.25) is 4.79 Å². The van der Waals surface area contributed by atoms with Gasteiger partial charge >= 0.3 is 0 Å². The van der Waals surface area contributed by atoms with Crippen LogP contribution in [-0.4, -0.2) is 10.9 Å². The van der Waals surface area contributed by atoms with E-state index >= 15 is 0 Å². The summed E-state index contributed by atoms with van der Waals surface area (Å²) in [4.78, 5) is 11.1. The second-order valence-electron chi connectivity index (χ2n) is 3.87. The fraction of sp³-hybridized carbons (Fsp3) is 0.417. The number of hydrogen-bond donors (Lipinski definition) is 1. The molecule has 1 atom stereocenters. The zero-order valence-corrected chi connectivity index (χ0v) is 8.82. The van der Waals surface area contributed by atoms with E-state index in [0.717, 1.165) is 5.56 Å². The Labute approximate surface area is 84.6 Å². The second-order valence-corrected chi connectivity index (χ2v) is 3.87. The number of aliphatic hydroxyl groups excluding tert-OH is 1. The number of benzene rings is 1. The maximum atomic E-state index is 11.1. The normalized spacial score (nSPS) is 12.9. The van der Waals surface area contributed by atoms with Crippen LogP contribution >= 0.6 is 0 Å². The van der Waals surface area contributed by atoms with E-state index in [9.17, 15) is 9.90 Å². The van der Waals surface area contributed by atoms with Gasteiger partial charge < -0.3 is 5.11 Å². The summed E-state index contributed by atoms with van der Waals surface area (Å²) >= 11 is 0. The van der Waals surface area contributed by atoms with Gasteiger partial charge in [-0.05, 0) is 24.5 Å². The molecule has 0 aliphatic rings. The Bertz CT molecular complexity index is 329. The Kier molecular flexibility index (Phi) is 3.42. The topological polar surface area (TPSA) is 37.3 Å². The number of hydrogen-bond acceptors (Lipinski definition) is 2. The van der Waals surface area contributed by atoms with Crippen molar-refractivity contribution in [3.63, 3.8) is 0 Å². The van der Waals surface area contributed by atoms with Crippen molar-refractivity contribution in [1.82, 2.24) is 0 Å². The minimum atomic E-state index is -0.491. The molecule has 1 unspecified atom stereocenters. The molecular formula is C12H16O2. The van der Waals surface area contributed by atoms with Gasteiger partial charge in [0.25, 0.3) is 0 Å². The molecule has 1 aromatic rings. The number of rotatable bonds is 3. The Morgan fingerprint density at radius 2 is 2.00 bits per heavy atom. The summed E-state index contributed by atoms with van der Waals surface area (Å²) in [5.41, 5.74) is 1.47. The third-order valence-electron chi connectivity index (χ3n) is 2.27. The number of Topliss-reactive ketones (excluding diaryl/α,β-unsaturated/α-hetero) is 1. The molecule has 0 bridgehead atoms. The molecule has 0 heterocycles. The van der Waals surface area contributed by atoms with Crippen LogP contribution in [0, 0.1) is 5.92 Å². The second kappa shape index (κ2) is 4.38. The van der Waals surface area contributed by atoms with Crippen molar-refractivity contribution >= 4 is 5.78 Å². The fourth-order valence-corrected chi connectivity index (χ4v) is 1.33. The van der Waals surface area contributed by atoms with E-state index in [1.807, 2.05) is 19.9 Å². The Morgan fingerprint density at radius 1 is 1.36 bits per heavy atom. The van der Waals surface area contributed by atoms with E-state index in [2.05, 4.69) is 0 Å². The molecule has 2 nitrogen and oxygen atoms in total. The van der Waals surface area contributed by atoms with Gasteiger partial charge in [0.05, 0.1) is 6.10 Å². The van der Waals surface area contributed by atoms with Crippen molar-refractivity contribution in [2.24, 2.45) is 5.92 Å². The van der Waals surface area contributed by atoms with Gasteiger partial charge in [0.15, 0.2) is 5.78 Å². The number of carbonyl (C=O) groups excluding carboxylic acids is 1. The molecule has 0 fully saturated rings. The smallest absolute Gasteiger partial charge is 0.159 e. The summed E-state index contributed by atoms with van der Waals surface area (Å²) in [5, 5.41) is 9.79. The molecule has 0 radical (unpaired) electrons. The molecule has 76 valence electrons. The van der Waals surface area contributed by atoms with Crippen LogP contribution in [0.25, 0.3) is 0 Å². The molecule has 0 saturated carbocycles. The predicted octanol–water partition coefficient (Wildman–Crippen LogP) is 2.58. The summed E-state index contributed by atoms with van der Waals surface area (Å²) in [7, 11) is 0. The van der Waals surface area contributed by atoms with Crippen LogP contribution < -0.4 is 0 Å². The maximum absolute atomic E-state index is 11.1. The molecule has 1 N–H and O–H groups in total. The lowest BCUT2D eigenvalue weighted by Crippen LogP contribution is -2.06. The summed E-state index contributed by atoms with van der Waals surface area (Å²) in [6, 6.07) is 7.17. The molecule has 14 heavy (non-hydrogen) atoms. The highest BCUT2D eigenvalue weighted by atomic mass is 16.3. The highest BCUT2D eigenvalue weighted by Crippen LogP contribution is 2.21. The lowest BCUT2D eigenvalue weighted by molar-refractivity contribution is 0.101. The van der Waals surface area contributed by atoms with Crippen molar-refractivity contribution in [3.8, 4) is 0 Å². The molecule has 1 rings (SSSR count). The first-order valence-electron chi connectivity index (χ1n) is 4.81. The third-order valence-corrected chi connectivity index (χ3v) is 2.27. The summed E-state index contributed by atoms with van der Waals surface area (Å²) in [5.74, 6) is 0.194. The fourth-order valence-electron chi connectivity index (χ4n) is 1.33. The van der Waals surface area contributed by atoms with Gasteiger partial charge in [-0.2, -0.15) is 0 Å². The quantitative estimate of drug-likeness (QED) is 0.747. The van der Waals surface area contributed by atoms with Gasteiger partial charge in [-0.15, -0.1) is 0 Å². The van der Waals surface area contributed by atoms with Crippen molar-refractivity contribution in [3.05, 3.63) is 35.4 Å². The lowest BCUT2D eigenvalue weighted by atomic mass is 9.97. The van der Waals surface area contributed by atoms with Crippen LogP contribution in [0.5, 0.6) is 0 Å². The highest BCUT2D eigenvalue weighted by molar-refractivity contribution is 5.94. The average molecular weight is 192 g/mol. The van der Waals surface area contributed by atoms with E-state index in [4.69, 9.17) is 0 Å². The predicted molar refractivity (Wildman–Crippen MR) is 56.2 cm³/mol. The third kappa shape index (κ3) is 2.42. The summed E-state index contributed by atoms with van der Waals surface area (Å²) in [6.07, 6.45) is -0.491. The van der Waals surface area contributed by atoms with Crippen LogP contribution in [0.1, 0.15) is 42.8 Å². The molecule has 2 heteroatoms. The zero-order valence-electron chi connectivity index (χ0n) is 8.82. The van der Waals surface area contributed by atoms with Crippen molar-refractivity contribution in [2.75, 3.05) is 0 Å². The van der Waals surface area contributed by atoms with Crippen LogP contribution in [0.4, 0.5) is 0 Å². The van der Waals surface area contributed by atoms with Crippen LogP contribution in [-0.2, 0) is 0 Å². The first kappa shape index (κ1) is 10.9. The van der Waals surface area contributed by atoms with E-state index in [1.165, 1.54) is 6.92 Å². The van der Waals surface area contributed by atoms with Gasteiger partial charge in [0, 0.05) is 5.56 Å². The van der Waals surface area contributed by atoms with E-state index < -0.39 is 6.10 Å². The molecule has 0 saturated heterocycles.